The van der Waals surface area contributed by atoms with E-state index in [9.17, 15) is 0 Å². The van der Waals surface area contributed by atoms with E-state index in [1.54, 1.807) is 11.1 Å². The van der Waals surface area contributed by atoms with Crippen LogP contribution < -0.4 is 0 Å². The van der Waals surface area contributed by atoms with E-state index in [1.807, 2.05) is 0 Å². The molecule has 1 heteroatoms. The Morgan fingerprint density at radius 2 is 1.95 bits per heavy atom. The lowest BCUT2D eigenvalue weighted by Gasteiger charge is -2.38. The monoisotopic (exact) mass is 259 g/mol. The third-order valence-electron chi connectivity index (χ3n) is 4.54. The molecule has 0 radical (unpaired) electrons. The van der Waals surface area contributed by atoms with E-state index < -0.39 is 0 Å². The largest absolute Gasteiger partial charge is 0.291 e. The van der Waals surface area contributed by atoms with Crippen LogP contribution in [-0.2, 0) is 6.42 Å². The molecule has 0 fully saturated rings. The van der Waals surface area contributed by atoms with Crippen molar-refractivity contribution in [1.82, 2.24) is 4.90 Å². The van der Waals surface area contributed by atoms with E-state index in [1.165, 1.54) is 32.1 Å². The third-order valence-corrected chi connectivity index (χ3v) is 4.54. The maximum Gasteiger partial charge on any atom is 0.0359 e. The molecule has 0 amide bonds. The summed E-state index contributed by atoms with van der Waals surface area (Å²) in [6.07, 6.45) is 6.53. The van der Waals surface area contributed by atoms with E-state index >= 15 is 0 Å². The van der Waals surface area contributed by atoms with Gasteiger partial charge in [-0.05, 0) is 51.2 Å². The lowest BCUT2D eigenvalue weighted by Crippen LogP contribution is -2.41. The molecule has 19 heavy (non-hydrogen) atoms. The second-order valence-electron chi connectivity index (χ2n) is 6.29. The van der Waals surface area contributed by atoms with Crippen LogP contribution in [0.25, 0.3) is 0 Å². The Morgan fingerprint density at radius 3 is 2.63 bits per heavy atom. The van der Waals surface area contributed by atoms with Crippen molar-refractivity contribution >= 4 is 0 Å². The molecule has 1 aromatic rings. The lowest BCUT2D eigenvalue weighted by atomic mass is 10.0. The summed E-state index contributed by atoms with van der Waals surface area (Å²) in [6, 6.07) is 11.0. The van der Waals surface area contributed by atoms with Crippen molar-refractivity contribution in [3.63, 3.8) is 0 Å². The van der Waals surface area contributed by atoms with Gasteiger partial charge in [-0.1, -0.05) is 44.0 Å². The maximum atomic E-state index is 2.75. The molecule has 1 nitrogen and oxygen atoms in total. The highest BCUT2D eigenvalue weighted by atomic mass is 15.2. The molecule has 0 heterocycles. The van der Waals surface area contributed by atoms with Crippen LogP contribution in [-0.4, -0.2) is 17.0 Å². The minimum atomic E-state index is 0.628. The molecule has 2 rings (SSSR count). The minimum absolute atomic E-state index is 0.628. The Labute approximate surface area is 119 Å². The smallest absolute Gasteiger partial charge is 0.0359 e. The van der Waals surface area contributed by atoms with Crippen molar-refractivity contribution in [2.24, 2.45) is 0 Å². The predicted octanol–water partition coefficient (Wildman–Crippen LogP) is 4.96. The summed E-state index contributed by atoms with van der Waals surface area (Å²) in [5.74, 6) is 0. The summed E-state index contributed by atoms with van der Waals surface area (Å²) in [6.45, 7) is 9.40. The number of fused-ring (bicyclic) bond motifs is 1. The molecule has 0 saturated carbocycles. The summed E-state index contributed by atoms with van der Waals surface area (Å²) < 4.78 is 0. The van der Waals surface area contributed by atoms with Crippen LogP contribution in [0.4, 0.5) is 0 Å². The fraction of sp³-hybridized carbons (Fsp3) is 0.667. The van der Waals surface area contributed by atoms with Crippen molar-refractivity contribution in [1.29, 1.82) is 0 Å². The highest BCUT2D eigenvalue weighted by Crippen LogP contribution is 2.38. The topological polar surface area (TPSA) is 3.24 Å². The summed E-state index contributed by atoms with van der Waals surface area (Å²) in [7, 11) is 0. The summed E-state index contributed by atoms with van der Waals surface area (Å²) >= 11 is 0. The molecule has 0 bridgehead atoms. The fourth-order valence-electron chi connectivity index (χ4n) is 3.67. The normalized spacial score (nSPS) is 20.0. The highest BCUT2D eigenvalue weighted by Gasteiger charge is 2.31. The number of rotatable bonds is 6. The van der Waals surface area contributed by atoms with Crippen molar-refractivity contribution in [2.45, 2.75) is 77.9 Å². The van der Waals surface area contributed by atoms with Gasteiger partial charge in [-0.15, -0.1) is 0 Å². The molecule has 0 aromatic heterocycles. The molecule has 0 N–H and O–H groups in total. The van der Waals surface area contributed by atoms with Crippen LogP contribution in [0.1, 0.15) is 70.5 Å². The van der Waals surface area contributed by atoms with Crippen LogP contribution in [0.3, 0.4) is 0 Å². The zero-order valence-electron chi connectivity index (χ0n) is 13.0. The zero-order chi connectivity index (χ0) is 13.8. The highest BCUT2D eigenvalue weighted by molar-refractivity contribution is 5.34. The fourth-order valence-corrected chi connectivity index (χ4v) is 3.67. The average molecular weight is 259 g/mol. The molecule has 0 aliphatic heterocycles. The number of benzene rings is 1. The van der Waals surface area contributed by atoms with E-state index in [0.29, 0.717) is 18.1 Å². The Morgan fingerprint density at radius 1 is 1.21 bits per heavy atom. The SMILES string of the molecule is CCCCC(C)N(C(C)C)[C@H]1CCc2ccccc21. The van der Waals surface area contributed by atoms with Gasteiger partial charge >= 0.3 is 0 Å². The van der Waals surface area contributed by atoms with Gasteiger partial charge in [0.05, 0.1) is 0 Å². The van der Waals surface area contributed by atoms with Crippen molar-refractivity contribution < 1.29 is 0 Å². The Balaban J connectivity index is 2.17. The number of nitrogens with zero attached hydrogens (tertiary/aromatic N) is 1. The Kier molecular flexibility index (Phi) is 5.04. The summed E-state index contributed by atoms with van der Waals surface area (Å²) in [5.41, 5.74) is 3.15. The van der Waals surface area contributed by atoms with Crippen molar-refractivity contribution in [2.75, 3.05) is 0 Å². The first kappa shape index (κ1) is 14.6. The van der Waals surface area contributed by atoms with E-state index in [-0.39, 0.29) is 0 Å². The molecule has 106 valence electrons. The third kappa shape index (κ3) is 3.20. The number of hydrogen-bond acceptors (Lipinski definition) is 1. The number of aryl methyl sites for hydroxylation is 1. The average Bonchev–Trinajstić information content (AvgIpc) is 2.80. The Hall–Kier alpha value is -0.820. The first-order valence-corrected chi connectivity index (χ1v) is 8.00. The maximum absolute atomic E-state index is 2.75. The predicted molar refractivity (Wildman–Crippen MR) is 83.5 cm³/mol. The van der Waals surface area contributed by atoms with Gasteiger partial charge in [0.1, 0.15) is 0 Å². The molecule has 0 spiro atoms. The van der Waals surface area contributed by atoms with Crippen LogP contribution >= 0.6 is 0 Å². The second kappa shape index (κ2) is 6.56. The van der Waals surface area contributed by atoms with Gasteiger partial charge in [-0.2, -0.15) is 0 Å². The zero-order valence-corrected chi connectivity index (χ0v) is 13.0. The van der Waals surface area contributed by atoms with E-state index in [0.717, 1.165) is 0 Å². The number of unbranched alkanes of at least 4 members (excludes halogenated alkanes) is 1. The standard InChI is InChI=1S/C18H29N/c1-5-6-9-15(4)19(14(2)3)18-13-12-16-10-7-8-11-17(16)18/h7-8,10-11,14-15,18H,5-6,9,12-13H2,1-4H3/t15?,18-/m0/s1. The van der Waals surface area contributed by atoms with Gasteiger partial charge in [0.15, 0.2) is 0 Å². The van der Waals surface area contributed by atoms with Crippen LogP contribution in [0.2, 0.25) is 0 Å². The molecule has 2 atom stereocenters. The van der Waals surface area contributed by atoms with Crippen LogP contribution in [0.5, 0.6) is 0 Å². The van der Waals surface area contributed by atoms with Gasteiger partial charge in [-0.25, -0.2) is 0 Å². The second-order valence-corrected chi connectivity index (χ2v) is 6.29. The quantitative estimate of drug-likeness (QED) is 0.697. The van der Waals surface area contributed by atoms with Gasteiger partial charge in [0, 0.05) is 18.1 Å². The summed E-state index contributed by atoms with van der Waals surface area (Å²) in [5, 5.41) is 0. The molecule has 0 saturated heterocycles. The first-order valence-electron chi connectivity index (χ1n) is 8.00. The van der Waals surface area contributed by atoms with Gasteiger partial charge in [0.2, 0.25) is 0 Å². The Bertz CT molecular complexity index is 396. The minimum Gasteiger partial charge on any atom is -0.291 e. The van der Waals surface area contributed by atoms with Crippen molar-refractivity contribution in [3.8, 4) is 0 Å². The van der Waals surface area contributed by atoms with Gasteiger partial charge < -0.3 is 0 Å². The first-order chi connectivity index (χ1) is 9.15. The molecular formula is C18H29N. The van der Waals surface area contributed by atoms with Crippen molar-refractivity contribution in [3.05, 3.63) is 35.4 Å². The number of hydrogen-bond donors (Lipinski definition) is 0. The van der Waals surface area contributed by atoms with Gasteiger partial charge in [-0.3, -0.25) is 4.90 Å². The van der Waals surface area contributed by atoms with E-state index in [2.05, 4.69) is 56.9 Å². The van der Waals surface area contributed by atoms with Gasteiger partial charge in [0.25, 0.3) is 0 Å². The lowest BCUT2D eigenvalue weighted by molar-refractivity contribution is 0.0962. The van der Waals surface area contributed by atoms with Crippen LogP contribution in [0.15, 0.2) is 24.3 Å². The molecular weight excluding hydrogens is 230 g/mol. The molecule has 1 aliphatic rings. The van der Waals surface area contributed by atoms with E-state index in [4.69, 9.17) is 0 Å². The van der Waals surface area contributed by atoms with Crippen LogP contribution in [0, 0.1) is 0 Å². The molecule has 1 aromatic carbocycles. The molecule has 1 aliphatic carbocycles. The molecule has 1 unspecified atom stereocenters. The summed E-state index contributed by atoms with van der Waals surface area (Å²) in [4.78, 5) is 2.75.